The van der Waals surface area contributed by atoms with Crippen LogP contribution in [-0.2, 0) is 6.42 Å². The molecule has 0 aromatic heterocycles. The van der Waals surface area contributed by atoms with E-state index in [0.29, 0.717) is 12.0 Å². The van der Waals surface area contributed by atoms with Crippen molar-refractivity contribution in [3.05, 3.63) is 34.9 Å². The van der Waals surface area contributed by atoms with Crippen LogP contribution < -0.4 is 0 Å². The number of rotatable bonds is 12. The first-order chi connectivity index (χ1) is 11.1. The zero-order valence-corrected chi connectivity index (χ0v) is 14.0. The zero-order valence-electron chi connectivity index (χ0n) is 14.0. The molecule has 0 aliphatic carbocycles. The highest BCUT2D eigenvalue weighted by Gasteiger charge is 2.17. The lowest BCUT2D eigenvalue weighted by atomic mass is 9.95. The van der Waals surface area contributed by atoms with Gasteiger partial charge in [0, 0.05) is 0 Å². The molecule has 0 radical (unpaired) electrons. The van der Waals surface area contributed by atoms with Crippen molar-refractivity contribution in [3.8, 4) is 0 Å². The predicted octanol–water partition coefficient (Wildman–Crippen LogP) is 5.16. The van der Waals surface area contributed by atoms with Gasteiger partial charge in [0.25, 0.3) is 0 Å². The Morgan fingerprint density at radius 3 is 1.65 bits per heavy atom. The molecule has 1 aromatic carbocycles. The van der Waals surface area contributed by atoms with E-state index >= 15 is 0 Å². The lowest BCUT2D eigenvalue weighted by Crippen LogP contribution is -2.10. The van der Waals surface area contributed by atoms with E-state index in [4.69, 9.17) is 0 Å². The minimum atomic E-state index is -1.06. The maximum absolute atomic E-state index is 11.3. The molecular weight excluding hydrogens is 292 g/mol. The van der Waals surface area contributed by atoms with Gasteiger partial charge < -0.3 is 10.2 Å². The fourth-order valence-electron chi connectivity index (χ4n) is 2.87. The summed E-state index contributed by atoms with van der Waals surface area (Å²) in [6, 6.07) is 4.46. The van der Waals surface area contributed by atoms with Crippen molar-refractivity contribution in [1.29, 1.82) is 0 Å². The molecule has 2 N–H and O–H groups in total. The highest BCUT2D eigenvalue weighted by Crippen LogP contribution is 2.19. The second-order valence-electron chi connectivity index (χ2n) is 6.02. The van der Waals surface area contributed by atoms with Gasteiger partial charge in [0.15, 0.2) is 0 Å². The third-order valence-electron chi connectivity index (χ3n) is 4.17. The standard InChI is InChI=1S/C19H28O4/c1-2-3-4-5-6-7-8-9-10-12-15-16(18(20)21)13-11-14-17(15)19(22)23/h11,13-14H,2-10,12H2,1H3,(H,20,21)(H,22,23). The van der Waals surface area contributed by atoms with E-state index in [1.54, 1.807) is 0 Å². The number of carbonyl (C=O) groups is 2. The number of carboxylic acids is 2. The molecule has 0 saturated heterocycles. The molecule has 0 aliphatic heterocycles. The number of benzene rings is 1. The number of hydrogen-bond acceptors (Lipinski definition) is 2. The van der Waals surface area contributed by atoms with Crippen LogP contribution in [0.1, 0.15) is 91.0 Å². The second-order valence-corrected chi connectivity index (χ2v) is 6.02. The monoisotopic (exact) mass is 320 g/mol. The molecule has 0 unspecified atom stereocenters. The van der Waals surface area contributed by atoms with E-state index in [1.807, 2.05) is 0 Å². The van der Waals surface area contributed by atoms with E-state index < -0.39 is 11.9 Å². The largest absolute Gasteiger partial charge is 0.478 e. The highest BCUT2D eigenvalue weighted by atomic mass is 16.4. The van der Waals surface area contributed by atoms with Crippen molar-refractivity contribution in [2.24, 2.45) is 0 Å². The van der Waals surface area contributed by atoms with Crippen molar-refractivity contribution in [2.75, 3.05) is 0 Å². The summed E-state index contributed by atoms with van der Waals surface area (Å²) in [5, 5.41) is 18.4. The Balaban J connectivity index is 2.42. The van der Waals surface area contributed by atoms with Gasteiger partial charge in [0.05, 0.1) is 11.1 Å². The third kappa shape index (κ3) is 6.85. The number of carboxylic acid groups (broad SMARTS) is 2. The molecule has 1 rings (SSSR count). The van der Waals surface area contributed by atoms with Crippen molar-refractivity contribution in [1.82, 2.24) is 0 Å². The van der Waals surface area contributed by atoms with Crippen LogP contribution in [-0.4, -0.2) is 22.2 Å². The molecule has 0 aliphatic rings. The van der Waals surface area contributed by atoms with Crippen LogP contribution in [0.15, 0.2) is 18.2 Å². The summed E-state index contributed by atoms with van der Waals surface area (Å²) in [6.07, 6.45) is 11.1. The Labute approximate surface area is 138 Å². The van der Waals surface area contributed by atoms with Gasteiger partial charge in [-0.3, -0.25) is 0 Å². The molecule has 4 heteroatoms. The summed E-state index contributed by atoms with van der Waals surface area (Å²) >= 11 is 0. The summed E-state index contributed by atoms with van der Waals surface area (Å²) in [5.74, 6) is -2.11. The molecule has 0 fully saturated rings. The molecule has 1 aromatic rings. The molecule has 0 spiro atoms. The molecule has 0 amide bonds. The van der Waals surface area contributed by atoms with E-state index in [0.717, 1.165) is 19.3 Å². The predicted molar refractivity (Wildman–Crippen MR) is 91.3 cm³/mol. The van der Waals surface area contributed by atoms with Gasteiger partial charge in [0.1, 0.15) is 0 Å². The van der Waals surface area contributed by atoms with Crippen LogP contribution in [0.4, 0.5) is 0 Å². The first kappa shape index (κ1) is 19.2. The van der Waals surface area contributed by atoms with E-state index in [9.17, 15) is 19.8 Å². The van der Waals surface area contributed by atoms with Crippen LogP contribution in [0, 0.1) is 0 Å². The molecule has 4 nitrogen and oxygen atoms in total. The Morgan fingerprint density at radius 2 is 1.22 bits per heavy atom. The average Bonchev–Trinajstić information content (AvgIpc) is 2.52. The number of aromatic carboxylic acids is 2. The molecule has 0 bridgehead atoms. The minimum absolute atomic E-state index is 0.115. The van der Waals surface area contributed by atoms with E-state index in [-0.39, 0.29) is 11.1 Å². The Kier molecular flexibility index (Phi) is 9.03. The normalized spacial score (nSPS) is 10.7. The molecule has 0 atom stereocenters. The first-order valence-electron chi connectivity index (χ1n) is 8.66. The SMILES string of the molecule is CCCCCCCCCCCc1c(C(=O)O)cccc1C(=O)O. The number of hydrogen-bond donors (Lipinski definition) is 2. The zero-order chi connectivity index (χ0) is 17.1. The lowest BCUT2D eigenvalue weighted by molar-refractivity contribution is 0.0695. The summed E-state index contributed by atoms with van der Waals surface area (Å²) < 4.78 is 0. The first-order valence-corrected chi connectivity index (χ1v) is 8.66. The van der Waals surface area contributed by atoms with Gasteiger partial charge in [-0.1, -0.05) is 64.4 Å². The van der Waals surface area contributed by atoms with Gasteiger partial charge in [0.2, 0.25) is 0 Å². The van der Waals surface area contributed by atoms with E-state index in [2.05, 4.69) is 6.92 Å². The van der Waals surface area contributed by atoms with Gasteiger partial charge in [-0.05, 0) is 30.5 Å². The lowest BCUT2D eigenvalue weighted by Gasteiger charge is -2.10. The molecule has 0 saturated carbocycles. The maximum Gasteiger partial charge on any atom is 0.335 e. The fourth-order valence-corrected chi connectivity index (χ4v) is 2.87. The summed E-state index contributed by atoms with van der Waals surface area (Å²) in [5.41, 5.74) is 0.685. The second kappa shape index (κ2) is 10.8. The Hall–Kier alpha value is -1.84. The Morgan fingerprint density at radius 1 is 0.783 bits per heavy atom. The quantitative estimate of drug-likeness (QED) is 0.522. The van der Waals surface area contributed by atoms with Gasteiger partial charge in [-0.25, -0.2) is 9.59 Å². The summed E-state index contributed by atoms with van der Waals surface area (Å²) in [6.45, 7) is 2.21. The van der Waals surface area contributed by atoms with Crippen molar-refractivity contribution >= 4 is 11.9 Å². The minimum Gasteiger partial charge on any atom is -0.478 e. The van der Waals surface area contributed by atoms with Gasteiger partial charge in [-0.2, -0.15) is 0 Å². The highest BCUT2D eigenvalue weighted by molar-refractivity contribution is 5.96. The maximum atomic E-state index is 11.3. The molecular formula is C19H28O4. The van der Waals surface area contributed by atoms with E-state index in [1.165, 1.54) is 56.7 Å². The van der Waals surface area contributed by atoms with Crippen LogP contribution >= 0.6 is 0 Å². The summed E-state index contributed by atoms with van der Waals surface area (Å²) in [7, 11) is 0. The molecule has 128 valence electrons. The van der Waals surface area contributed by atoms with Crippen molar-refractivity contribution in [3.63, 3.8) is 0 Å². The van der Waals surface area contributed by atoms with Crippen LogP contribution in [0.5, 0.6) is 0 Å². The Bertz CT molecular complexity index is 476. The smallest absolute Gasteiger partial charge is 0.335 e. The van der Waals surface area contributed by atoms with Gasteiger partial charge >= 0.3 is 11.9 Å². The molecule has 23 heavy (non-hydrogen) atoms. The summed E-state index contributed by atoms with van der Waals surface area (Å²) in [4.78, 5) is 22.5. The fraction of sp³-hybridized carbons (Fsp3) is 0.579. The number of unbranched alkanes of at least 4 members (excludes halogenated alkanes) is 8. The third-order valence-corrected chi connectivity index (χ3v) is 4.17. The van der Waals surface area contributed by atoms with Crippen LogP contribution in [0.2, 0.25) is 0 Å². The average molecular weight is 320 g/mol. The topological polar surface area (TPSA) is 74.6 Å². The van der Waals surface area contributed by atoms with Gasteiger partial charge in [-0.15, -0.1) is 0 Å². The van der Waals surface area contributed by atoms with Crippen molar-refractivity contribution < 1.29 is 19.8 Å². The van der Waals surface area contributed by atoms with Crippen molar-refractivity contribution in [2.45, 2.75) is 71.1 Å². The molecule has 0 heterocycles. The van der Waals surface area contributed by atoms with Crippen LogP contribution in [0.25, 0.3) is 0 Å². The van der Waals surface area contributed by atoms with Crippen LogP contribution in [0.3, 0.4) is 0 Å².